The summed E-state index contributed by atoms with van der Waals surface area (Å²) in [4.78, 5) is 10.5. The van der Waals surface area contributed by atoms with Crippen LogP contribution in [0.4, 0.5) is 5.69 Å². The van der Waals surface area contributed by atoms with E-state index in [1.807, 2.05) is 0 Å². The van der Waals surface area contributed by atoms with Crippen LogP contribution in [-0.4, -0.2) is 16.1 Å². The zero-order chi connectivity index (χ0) is 12.6. The zero-order valence-electron chi connectivity index (χ0n) is 9.52. The molecule has 1 aromatic rings. The number of rotatable bonds is 4. The molecule has 2 rings (SSSR count). The second-order valence-electron chi connectivity index (χ2n) is 4.71. The van der Waals surface area contributed by atoms with Crippen molar-refractivity contribution >= 4 is 17.3 Å². The molecule has 1 aliphatic rings. The number of halogens is 1. The third kappa shape index (κ3) is 2.28. The van der Waals surface area contributed by atoms with Gasteiger partial charge in [0.2, 0.25) is 0 Å². The summed E-state index contributed by atoms with van der Waals surface area (Å²) in [6, 6.07) is 4.69. The fourth-order valence-corrected chi connectivity index (χ4v) is 2.38. The Morgan fingerprint density at radius 3 is 2.71 bits per heavy atom. The molecule has 0 saturated heterocycles. The Morgan fingerprint density at radius 2 is 2.24 bits per heavy atom. The van der Waals surface area contributed by atoms with Gasteiger partial charge in [-0.05, 0) is 32.3 Å². The van der Waals surface area contributed by atoms with Crippen molar-refractivity contribution in [2.45, 2.75) is 32.3 Å². The predicted molar refractivity (Wildman–Crippen MR) is 65.2 cm³/mol. The number of aliphatic hydroxyl groups excluding tert-OH is 1. The van der Waals surface area contributed by atoms with E-state index in [1.165, 1.54) is 6.07 Å². The van der Waals surface area contributed by atoms with Crippen molar-refractivity contribution in [3.05, 3.63) is 38.9 Å². The standard InChI is InChI=1S/C12H14ClNO3/c1-8(15)12(5-6-12)7-9-10(13)3-2-4-11(9)14(16)17/h2-4,8,15H,5-7H2,1H3. The van der Waals surface area contributed by atoms with E-state index >= 15 is 0 Å². The molecule has 92 valence electrons. The number of nitrogens with zero attached hydrogens (tertiary/aromatic N) is 1. The van der Waals surface area contributed by atoms with Crippen molar-refractivity contribution in [2.75, 3.05) is 0 Å². The first-order valence-corrected chi connectivity index (χ1v) is 5.94. The lowest BCUT2D eigenvalue weighted by Gasteiger charge is -2.19. The van der Waals surface area contributed by atoms with E-state index in [-0.39, 0.29) is 11.1 Å². The van der Waals surface area contributed by atoms with E-state index in [0.29, 0.717) is 17.0 Å². The molecule has 0 radical (unpaired) electrons. The molecule has 0 amide bonds. The highest BCUT2D eigenvalue weighted by molar-refractivity contribution is 6.31. The average molecular weight is 256 g/mol. The highest BCUT2D eigenvalue weighted by Crippen LogP contribution is 2.52. The smallest absolute Gasteiger partial charge is 0.274 e. The summed E-state index contributed by atoms with van der Waals surface area (Å²) in [5, 5.41) is 21.1. The highest BCUT2D eigenvalue weighted by Gasteiger charge is 2.48. The molecule has 0 bridgehead atoms. The highest BCUT2D eigenvalue weighted by atomic mass is 35.5. The van der Waals surface area contributed by atoms with Crippen LogP contribution in [0.5, 0.6) is 0 Å². The van der Waals surface area contributed by atoms with Gasteiger partial charge in [-0.25, -0.2) is 0 Å². The van der Waals surface area contributed by atoms with Gasteiger partial charge >= 0.3 is 0 Å². The van der Waals surface area contributed by atoms with Gasteiger partial charge in [0.25, 0.3) is 5.69 Å². The molecule has 0 spiro atoms. The Bertz CT molecular complexity index is 455. The Kier molecular flexibility index (Phi) is 3.10. The van der Waals surface area contributed by atoms with Gasteiger partial charge < -0.3 is 5.11 Å². The van der Waals surface area contributed by atoms with Gasteiger partial charge in [0, 0.05) is 17.0 Å². The minimum absolute atomic E-state index is 0.0458. The monoisotopic (exact) mass is 255 g/mol. The Balaban J connectivity index is 2.35. The van der Waals surface area contributed by atoms with E-state index in [4.69, 9.17) is 11.6 Å². The van der Waals surface area contributed by atoms with Crippen LogP contribution < -0.4 is 0 Å². The number of benzene rings is 1. The molecule has 1 fully saturated rings. The summed E-state index contributed by atoms with van der Waals surface area (Å²) in [6.45, 7) is 1.73. The number of hydrogen-bond donors (Lipinski definition) is 1. The number of nitro groups is 1. The quantitative estimate of drug-likeness (QED) is 0.665. The van der Waals surface area contributed by atoms with Crippen molar-refractivity contribution in [1.82, 2.24) is 0 Å². The summed E-state index contributed by atoms with van der Waals surface area (Å²) in [5.74, 6) is 0. The summed E-state index contributed by atoms with van der Waals surface area (Å²) >= 11 is 6.03. The van der Waals surface area contributed by atoms with Crippen LogP contribution in [-0.2, 0) is 6.42 Å². The van der Waals surface area contributed by atoms with Crippen LogP contribution >= 0.6 is 11.6 Å². The molecule has 1 aromatic carbocycles. The Hall–Kier alpha value is -1.13. The van der Waals surface area contributed by atoms with E-state index in [1.54, 1.807) is 19.1 Å². The molecular formula is C12H14ClNO3. The van der Waals surface area contributed by atoms with Gasteiger partial charge in [-0.2, -0.15) is 0 Å². The zero-order valence-corrected chi connectivity index (χ0v) is 10.3. The maximum absolute atomic E-state index is 10.9. The molecular weight excluding hydrogens is 242 g/mol. The summed E-state index contributed by atoms with van der Waals surface area (Å²) in [5.41, 5.74) is 0.373. The lowest BCUT2D eigenvalue weighted by atomic mass is 9.91. The third-order valence-electron chi connectivity index (χ3n) is 3.60. The van der Waals surface area contributed by atoms with Crippen molar-refractivity contribution in [3.8, 4) is 0 Å². The lowest BCUT2D eigenvalue weighted by molar-refractivity contribution is -0.385. The normalized spacial score (nSPS) is 18.8. The first-order valence-electron chi connectivity index (χ1n) is 5.56. The second kappa shape index (κ2) is 4.27. The van der Waals surface area contributed by atoms with Crippen molar-refractivity contribution in [1.29, 1.82) is 0 Å². The van der Waals surface area contributed by atoms with Crippen molar-refractivity contribution in [2.24, 2.45) is 5.41 Å². The number of nitro benzene ring substituents is 1. The van der Waals surface area contributed by atoms with E-state index < -0.39 is 11.0 Å². The SMILES string of the molecule is CC(O)C1(Cc2c(Cl)cccc2[N+](=O)[O-])CC1. The molecule has 1 aliphatic carbocycles. The summed E-state index contributed by atoms with van der Waals surface area (Å²) in [6.07, 6.45) is 1.80. The maximum Gasteiger partial charge on any atom is 0.274 e. The first-order chi connectivity index (χ1) is 7.96. The number of hydrogen-bond acceptors (Lipinski definition) is 3. The van der Waals surface area contributed by atoms with Crippen LogP contribution in [0.3, 0.4) is 0 Å². The molecule has 1 atom stereocenters. The van der Waals surface area contributed by atoms with Gasteiger partial charge in [0.15, 0.2) is 0 Å². The largest absolute Gasteiger partial charge is 0.393 e. The fraction of sp³-hybridized carbons (Fsp3) is 0.500. The summed E-state index contributed by atoms with van der Waals surface area (Å²) in [7, 11) is 0. The third-order valence-corrected chi connectivity index (χ3v) is 3.95. The minimum Gasteiger partial charge on any atom is -0.393 e. The van der Waals surface area contributed by atoms with Crippen LogP contribution in [0.25, 0.3) is 0 Å². The Morgan fingerprint density at radius 1 is 1.59 bits per heavy atom. The van der Waals surface area contributed by atoms with Crippen LogP contribution in [0.2, 0.25) is 5.02 Å². The first kappa shape index (κ1) is 12.3. The molecule has 0 aliphatic heterocycles. The molecule has 0 heterocycles. The second-order valence-corrected chi connectivity index (χ2v) is 5.12. The fourth-order valence-electron chi connectivity index (χ4n) is 2.15. The van der Waals surface area contributed by atoms with E-state index in [2.05, 4.69) is 0 Å². The van der Waals surface area contributed by atoms with Crippen molar-refractivity contribution < 1.29 is 10.0 Å². The van der Waals surface area contributed by atoms with Crippen molar-refractivity contribution in [3.63, 3.8) is 0 Å². The van der Waals surface area contributed by atoms with E-state index in [9.17, 15) is 15.2 Å². The predicted octanol–water partition coefficient (Wildman–Crippen LogP) is 2.95. The minimum atomic E-state index is -0.460. The maximum atomic E-state index is 10.9. The average Bonchev–Trinajstić information content (AvgIpc) is 3.01. The molecule has 1 N–H and O–H groups in total. The van der Waals surface area contributed by atoms with Gasteiger partial charge in [-0.15, -0.1) is 0 Å². The summed E-state index contributed by atoms with van der Waals surface area (Å²) < 4.78 is 0. The molecule has 1 saturated carbocycles. The molecule has 17 heavy (non-hydrogen) atoms. The molecule has 0 aromatic heterocycles. The van der Waals surface area contributed by atoms with Crippen LogP contribution in [0, 0.1) is 15.5 Å². The van der Waals surface area contributed by atoms with Gasteiger partial charge in [-0.1, -0.05) is 17.7 Å². The van der Waals surface area contributed by atoms with Crippen LogP contribution in [0.15, 0.2) is 18.2 Å². The topological polar surface area (TPSA) is 63.4 Å². The molecule has 5 heteroatoms. The molecule has 1 unspecified atom stereocenters. The van der Waals surface area contributed by atoms with Gasteiger partial charge in [-0.3, -0.25) is 10.1 Å². The number of aliphatic hydroxyl groups is 1. The van der Waals surface area contributed by atoms with E-state index in [0.717, 1.165) is 12.8 Å². The van der Waals surface area contributed by atoms with Gasteiger partial charge in [0.1, 0.15) is 0 Å². The molecule has 4 nitrogen and oxygen atoms in total. The van der Waals surface area contributed by atoms with Gasteiger partial charge in [0.05, 0.1) is 16.0 Å². The Labute approximate surface area is 104 Å². The lowest BCUT2D eigenvalue weighted by Crippen LogP contribution is -2.21. The van der Waals surface area contributed by atoms with Crippen LogP contribution in [0.1, 0.15) is 25.3 Å².